The predicted octanol–water partition coefficient (Wildman–Crippen LogP) is 11.7. The van der Waals surface area contributed by atoms with E-state index in [4.69, 9.17) is 14.2 Å². The molecule has 1 N–H and O–H groups in total. The van der Waals surface area contributed by atoms with E-state index in [0.717, 1.165) is 32.3 Å². The smallest absolute Gasteiger partial charge is 0.407 e. The van der Waals surface area contributed by atoms with Gasteiger partial charge >= 0.3 is 6.09 Å². The van der Waals surface area contributed by atoms with Crippen molar-refractivity contribution in [1.82, 2.24) is 5.32 Å². The minimum Gasteiger partial charge on any atom is -0.446 e. The third-order valence-electron chi connectivity index (χ3n) is 8.40. The molecule has 0 aliphatic heterocycles. The lowest BCUT2D eigenvalue weighted by molar-refractivity contribution is 0.0813. The molecule has 0 saturated heterocycles. The summed E-state index contributed by atoms with van der Waals surface area (Å²) in [7, 11) is 1.71. The van der Waals surface area contributed by atoms with Gasteiger partial charge in [0.2, 0.25) is 0 Å². The molecule has 0 rings (SSSR count). The lowest BCUT2D eigenvalue weighted by Crippen LogP contribution is -2.30. The highest BCUT2D eigenvalue weighted by molar-refractivity contribution is 5.67. The summed E-state index contributed by atoms with van der Waals surface area (Å²) < 4.78 is 16.5. The second-order valence-electron chi connectivity index (χ2n) is 12.6. The number of carbonyl (C=O) groups is 1. The average molecular weight is 598 g/mol. The fraction of sp³-hybridized carbons (Fsp3) is 0.973. The summed E-state index contributed by atoms with van der Waals surface area (Å²) in [4.78, 5) is 12.5. The van der Waals surface area contributed by atoms with Crippen molar-refractivity contribution in [2.24, 2.45) is 0 Å². The Morgan fingerprint density at radius 1 is 0.500 bits per heavy atom. The van der Waals surface area contributed by atoms with Crippen molar-refractivity contribution < 1.29 is 19.0 Å². The number of hydrogen-bond donors (Lipinski definition) is 1. The van der Waals surface area contributed by atoms with Crippen LogP contribution in [0, 0.1) is 0 Å². The molecule has 0 aromatic heterocycles. The van der Waals surface area contributed by atoms with Crippen molar-refractivity contribution in [1.29, 1.82) is 0 Å². The minimum atomic E-state index is -0.253. The van der Waals surface area contributed by atoms with Crippen LogP contribution < -0.4 is 5.32 Å². The van der Waals surface area contributed by atoms with Gasteiger partial charge < -0.3 is 19.5 Å². The zero-order chi connectivity index (χ0) is 30.6. The molecule has 0 aliphatic rings. The van der Waals surface area contributed by atoms with E-state index in [0.29, 0.717) is 19.8 Å². The normalized spacial score (nSPS) is 11.4. The van der Waals surface area contributed by atoms with Crippen LogP contribution in [0.15, 0.2) is 0 Å². The number of ether oxygens (including phenoxy) is 3. The van der Waals surface area contributed by atoms with Crippen molar-refractivity contribution in [3.63, 3.8) is 0 Å². The first-order valence-electron chi connectivity index (χ1n) is 18.8. The van der Waals surface area contributed by atoms with Crippen LogP contribution in [0.2, 0.25) is 0 Å². The maximum atomic E-state index is 12.5. The van der Waals surface area contributed by atoms with Crippen molar-refractivity contribution in [2.45, 2.75) is 200 Å². The summed E-state index contributed by atoms with van der Waals surface area (Å²) >= 11 is 0. The van der Waals surface area contributed by atoms with E-state index in [1.165, 1.54) is 154 Å². The van der Waals surface area contributed by atoms with E-state index in [1.807, 2.05) is 0 Å². The Morgan fingerprint density at radius 3 is 1.29 bits per heavy atom. The van der Waals surface area contributed by atoms with Crippen LogP contribution in [0.1, 0.15) is 194 Å². The van der Waals surface area contributed by atoms with Gasteiger partial charge in [-0.3, -0.25) is 0 Å². The van der Waals surface area contributed by atoms with E-state index < -0.39 is 0 Å². The summed E-state index contributed by atoms with van der Waals surface area (Å²) in [6, 6.07) is 0. The summed E-state index contributed by atoms with van der Waals surface area (Å²) in [6.07, 6.45) is 36.1. The molecule has 0 bridgehead atoms. The topological polar surface area (TPSA) is 56.8 Å². The summed E-state index contributed by atoms with van der Waals surface area (Å²) in [5, 5.41) is 2.94. The van der Waals surface area contributed by atoms with Gasteiger partial charge in [0.15, 0.2) is 0 Å². The first-order chi connectivity index (χ1) is 20.7. The quantitative estimate of drug-likeness (QED) is 0.0738. The average Bonchev–Trinajstić information content (AvgIpc) is 2.99. The zero-order valence-electron chi connectivity index (χ0n) is 28.8. The van der Waals surface area contributed by atoms with Gasteiger partial charge in [-0.2, -0.15) is 0 Å². The van der Waals surface area contributed by atoms with Gasteiger partial charge in [-0.05, 0) is 38.5 Å². The maximum Gasteiger partial charge on any atom is 0.407 e. The summed E-state index contributed by atoms with van der Waals surface area (Å²) in [6.45, 7) is 7.27. The van der Waals surface area contributed by atoms with Gasteiger partial charge in [-0.15, -0.1) is 0 Å². The standard InChI is InChI=1S/C37H75NO4/c1-4-6-8-10-12-14-16-18-20-22-24-26-30-36(42-37(39)38-32-28-34-41-35-29-33-40-3)31-27-25-23-21-19-17-15-13-11-9-7-5-2/h36H,4-35H2,1-3H3,(H,38,39). The van der Waals surface area contributed by atoms with Crippen LogP contribution in [0.3, 0.4) is 0 Å². The molecule has 252 valence electrons. The highest BCUT2D eigenvalue weighted by Crippen LogP contribution is 2.18. The second-order valence-corrected chi connectivity index (χ2v) is 12.6. The Balaban J connectivity index is 4.04. The molecule has 0 aromatic rings. The van der Waals surface area contributed by atoms with E-state index in [1.54, 1.807) is 7.11 Å². The molecule has 0 saturated carbocycles. The van der Waals surface area contributed by atoms with Crippen molar-refractivity contribution in [3.8, 4) is 0 Å². The van der Waals surface area contributed by atoms with Gasteiger partial charge in [0, 0.05) is 33.5 Å². The van der Waals surface area contributed by atoms with Crippen LogP contribution >= 0.6 is 0 Å². The number of carbonyl (C=O) groups excluding carboxylic acids is 1. The highest BCUT2D eigenvalue weighted by Gasteiger charge is 2.14. The Kier molecular flexibility index (Phi) is 35.7. The van der Waals surface area contributed by atoms with Crippen molar-refractivity contribution >= 4 is 6.09 Å². The summed E-state index contributed by atoms with van der Waals surface area (Å²) in [5.74, 6) is 0. The SMILES string of the molecule is CCCCCCCCCCCCCCC(CCCCCCCCCCCCCC)OC(=O)NCCCOCCCOC. The molecule has 5 heteroatoms. The Morgan fingerprint density at radius 2 is 0.881 bits per heavy atom. The second kappa shape index (κ2) is 36.4. The molecule has 0 aliphatic carbocycles. The fourth-order valence-electron chi connectivity index (χ4n) is 5.65. The van der Waals surface area contributed by atoms with Crippen molar-refractivity contribution in [2.75, 3.05) is 33.5 Å². The summed E-state index contributed by atoms with van der Waals surface area (Å²) in [5.41, 5.74) is 0. The van der Waals surface area contributed by atoms with Crippen LogP contribution in [0.4, 0.5) is 4.79 Å². The van der Waals surface area contributed by atoms with Gasteiger partial charge in [-0.25, -0.2) is 4.79 Å². The number of methoxy groups -OCH3 is 1. The molecule has 0 radical (unpaired) electrons. The zero-order valence-corrected chi connectivity index (χ0v) is 28.8. The Labute approximate surface area is 263 Å². The van der Waals surface area contributed by atoms with E-state index >= 15 is 0 Å². The van der Waals surface area contributed by atoms with Gasteiger partial charge in [-0.1, -0.05) is 155 Å². The molecular formula is C37H75NO4. The molecule has 0 fully saturated rings. The number of alkyl carbamates (subject to hydrolysis) is 1. The molecule has 0 aromatic carbocycles. The van der Waals surface area contributed by atoms with Crippen LogP contribution in [0.5, 0.6) is 0 Å². The van der Waals surface area contributed by atoms with Gasteiger partial charge in [0.25, 0.3) is 0 Å². The lowest BCUT2D eigenvalue weighted by atomic mass is 10.0. The monoisotopic (exact) mass is 598 g/mol. The molecule has 0 spiro atoms. The van der Waals surface area contributed by atoms with Gasteiger partial charge in [0.05, 0.1) is 0 Å². The predicted molar refractivity (Wildman–Crippen MR) is 182 cm³/mol. The number of amides is 1. The molecule has 42 heavy (non-hydrogen) atoms. The minimum absolute atomic E-state index is 0.0570. The number of unbranched alkanes of at least 4 members (excludes halogenated alkanes) is 22. The van der Waals surface area contributed by atoms with E-state index in [9.17, 15) is 4.79 Å². The molecular weight excluding hydrogens is 522 g/mol. The Hall–Kier alpha value is -0.810. The largest absolute Gasteiger partial charge is 0.446 e. The highest BCUT2D eigenvalue weighted by atomic mass is 16.6. The molecule has 1 amide bonds. The third-order valence-corrected chi connectivity index (χ3v) is 8.40. The first-order valence-corrected chi connectivity index (χ1v) is 18.8. The van der Waals surface area contributed by atoms with Crippen molar-refractivity contribution in [3.05, 3.63) is 0 Å². The fourth-order valence-corrected chi connectivity index (χ4v) is 5.65. The molecule has 5 nitrogen and oxygen atoms in total. The first kappa shape index (κ1) is 41.2. The maximum absolute atomic E-state index is 12.5. The molecule has 0 atom stereocenters. The third kappa shape index (κ3) is 33.7. The Bertz CT molecular complexity index is 488. The van der Waals surface area contributed by atoms with E-state index in [-0.39, 0.29) is 12.2 Å². The molecule has 0 heterocycles. The number of rotatable bonds is 35. The lowest BCUT2D eigenvalue weighted by Gasteiger charge is -2.18. The van der Waals surface area contributed by atoms with Crippen LogP contribution in [0.25, 0.3) is 0 Å². The van der Waals surface area contributed by atoms with Crippen LogP contribution in [-0.4, -0.2) is 45.7 Å². The number of hydrogen-bond acceptors (Lipinski definition) is 4. The number of nitrogens with one attached hydrogen (secondary N) is 1. The molecule has 0 unspecified atom stereocenters. The van der Waals surface area contributed by atoms with Gasteiger partial charge in [0.1, 0.15) is 6.10 Å². The van der Waals surface area contributed by atoms with Crippen LogP contribution in [-0.2, 0) is 14.2 Å². The van der Waals surface area contributed by atoms with E-state index in [2.05, 4.69) is 19.2 Å².